The van der Waals surface area contributed by atoms with Crippen LogP contribution in [0.25, 0.3) is 0 Å². The number of nitrogens with one attached hydrogen (secondary N) is 1. The summed E-state index contributed by atoms with van der Waals surface area (Å²) in [6.07, 6.45) is 5.33. The number of rotatable bonds is 4. The first-order chi connectivity index (χ1) is 9.78. The van der Waals surface area contributed by atoms with E-state index in [1.165, 1.54) is 11.1 Å². The third-order valence-corrected chi connectivity index (χ3v) is 3.95. The van der Waals surface area contributed by atoms with E-state index in [1.54, 1.807) is 12.4 Å². The Morgan fingerprint density at radius 2 is 2.15 bits per heavy atom. The molecule has 0 aliphatic carbocycles. The van der Waals surface area contributed by atoms with E-state index in [4.69, 9.17) is 4.74 Å². The van der Waals surface area contributed by atoms with E-state index in [-0.39, 0.29) is 6.04 Å². The number of benzene rings is 1. The lowest BCUT2D eigenvalue weighted by molar-refractivity contribution is 0.351. The Labute approximate surface area is 126 Å². The molecular formula is C15H16BrN3O. The van der Waals surface area contributed by atoms with Crippen molar-refractivity contribution in [1.29, 1.82) is 0 Å². The molecule has 4 nitrogen and oxygen atoms in total. The zero-order valence-electron chi connectivity index (χ0n) is 11.3. The number of ether oxygens (including phenoxy) is 1. The molecule has 1 aliphatic heterocycles. The average molecular weight is 334 g/mol. The summed E-state index contributed by atoms with van der Waals surface area (Å²) < 4.78 is 6.87. The lowest BCUT2D eigenvalue weighted by Crippen LogP contribution is -2.21. The van der Waals surface area contributed by atoms with E-state index < -0.39 is 0 Å². The summed E-state index contributed by atoms with van der Waals surface area (Å²) in [4.78, 5) is 8.67. The first-order valence-electron chi connectivity index (χ1n) is 6.66. The molecular weight excluding hydrogens is 318 g/mol. The van der Waals surface area contributed by atoms with Crippen LogP contribution in [0.15, 0.2) is 35.1 Å². The molecule has 0 amide bonds. The fraction of sp³-hybridized carbons (Fsp3) is 0.333. The molecule has 0 bridgehead atoms. The molecule has 1 unspecified atom stereocenters. The minimum atomic E-state index is 0.0822. The van der Waals surface area contributed by atoms with Crippen LogP contribution in [-0.2, 0) is 12.8 Å². The molecule has 0 saturated heterocycles. The van der Waals surface area contributed by atoms with Gasteiger partial charge in [-0.25, -0.2) is 9.97 Å². The summed E-state index contributed by atoms with van der Waals surface area (Å²) >= 11 is 3.58. The van der Waals surface area contributed by atoms with E-state index in [2.05, 4.69) is 43.3 Å². The first-order valence-corrected chi connectivity index (χ1v) is 7.45. The van der Waals surface area contributed by atoms with Gasteiger partial charge < -0.3 is 10.1 Å². The van der Waals surface area contributed by atoms with Crippen molar-refractivity contribution in [3.8, 4) is 5.75 Å². The molecule has 20 heavy (non-hydrogen) atoms. The van der Waals surface area contributed by atoms with Crippen LogP contribution >= 0.6 is 15.9 Å². The molecule has 0 radical (unpaired) electrons. The highest BCUT2D eigenvalue weighted by molar-refractivity contribution is 9.10. The molecule has 104 valence electrons. The van der Waals surface area contributed by atoms with Crippen molar-refractivity contribution in [2.45, 2.75) is 18.9 Å². The third-order valence-electron chi connectivity index (χ3n) is 3.50. The van der Waals surface area contributed by atoms with Crippen molar-refractivity contribution in [2.75, 3.05) is 13.7 Å². The van der Waals surface area contributed by atoms with Crippen LogP contribution in [0.3, 0.4) is 0 Å². The molecule has 1 N–H and O–H groups in total. The number of hydrogen-bond acceptors (Lipinski definition) is 4. The van der Waals surface area contributed by atoms with E-state index in [0.29, 0.717) is 0 Å². The Hall–Kier alpha value is -1.46. The van der Waals surface area contributed by atoms with Gasteiger partial charge in [-0.3, -0.25) is 0 Å². The Morgan fingerprint density at radius 1 is 1.35 bits per heavy atom. The molecule has 0 saturated carbocycles. The van der Waals surface area contributed by atoms with Crippen molar-refractivity contribution in [1.82, 2.24) is 15.3 Å². The van der Waals surface area contributed by atoms with Crippen molar-refractivity contribution in [2.24, 2.45) is 0 Å². The van der Waals surface area contributed by atoms with Gasteiger partial charge in [0.15, 0.2) is 0 Å². The van der Waals surface area contributed by atoms with Gasteiger partial charge in [0.25, 0.3) is 0 Å². The molecule has 3 rings (SSSR count). The highest BCUT2D eigenvalue weighted by Crippen LogP contribution is 2.34. The number of hydrogen-bond donors (Lipinski definition) is 1. The quantitative estimate of drug-likeness (QED) is 0.934. The van der Waals surface area contributed by atoms with E-state index >= 15 is 0 Å². The van der Waals surface area contributed by atoms with Crippen molar-refractivity contribution in [3.05, 3.63) is 52.0 Å². The SMILES string of the molecule is CNC(Cc1cc(Br)cc2c1OCC2)c1ncccn1. The lowest BCUT2D eigenvalue weighted by Gasteiger charge is -2.16. The third kappa shape index (κ3) is 2.69. The minimum Gasteiger partial charge on any atom is -0.493 e. The highest BCUT2D eigenvalue weighted by Gasteiger charge is 2.21. The van der Waals surface area contributed by atoms with Gasteiger partial charge in [-0.05, 0) is 42.8 Å². The fourth-order valence-electron chi connectivity index (χ4n) is 2.53. The van der Waals surface area contributed by atoms with Crippen molar-refractivity contribution < 1.29 is 4.74 Å². The number of aromatic nitrogens is 2. The Kier molecular flexibility index (Phi) is 3.98. The van der Waals surface area contributed by atoms with E-state index in [0.717, 1.165) is 35.5 Å². The van der Waals surface area contributed by atoms with Crippen LogP contribution in [0.2, 0.25) is 0 Å². The van der Waals surface area contributed by atoms with Crippen molar-refractivity contribution in [3.63, 3.8) is 0 Å². The summed E-state index contributed by atoms with van der Waals surface area (Å²) in [5.74, 6) is 1.84. The van der Waals surface area contributed by atoms with Crippen molar-refractivity contribution >= 4 is 15.9 Å². The summed E-state index contributed by atoms with van der Waals surface area (Å²) in [6, 6.07) is 6.17. The van der Waals surface area contributed by atoms with Gasteiger partial charge >= 0.3 is 0 Å². The minimum absolute atomic E-state index is 0.0822. The van der Waals surface area contributed by atoms with Gasteiger partial charge in [0.2, 0.25) is 0 Å². The van der Waals surface area contributed by atoms with Crippen LogP contribution in [0.1, 0.15) is 23.0 Å². The second-order valence-corrected chi connectivity index (χ2v) is 5.72. The summed E-state index contributed by atoms with van der Waals surface area (Å²) in [7, 11) is 1.93. The second kappa shape index (κ2) is 5.89. The normalized spacial score (nSPS) is 14.7. The predicted octanol–water partition coefficient (Wildman–Crippen LogP) is 2.68. The standard InChI is InChI=1S/C15H16BrN3O/c1-17-13(15-18-4-2-5-19-15)9-11-8-12(16)7-10-3-6-20-14(10)11/h2,4-5,7-8,13,17H,3,6,9H2,1H3. The Morgan fingerprint density at radius 3 is 2.90 bits per heavy atom. The number of nitrogens with zero attached hydrogens (tertiary/aromatic N) is 2. The maximum absolute atomic E-state index is 5.78. The highest BCUT2D eigenvalue weighted by atomic mass is 79.9. The van der Waals surface area contributed by atoms with Crippen LogP contribution < -0.4 is 10.1 Å². The molecule has 1 aliphatic rings. The first kappa shape index (κ1) is 13.5. The van der Waals surface area contributed by atoms with Gasteiger partial charge in [0.1, 0.15) is 11.6 Å². The zero-order valence-corrected chi connectivity index (χ0v) is 12.9. The van der Waals surface area contributed by atoms with Gasteiger partial charge in [-0.15, -0.1) is 0 Å². The van der Waals surface area contributed by atoms with Crippen LogP contribution in [-0.4, -0.2) is 23.6 Å². The summed E-state index contributed by atoms with van der Waals surface area (Å²) in [5.41, 5.74) is 2.47. The second-order valence-electron chi connectivity index (χ2n) is 4.80. The summed E-state index contributed by atoms with van der Waals surface area (Å²) in [6.45, 7) is 0.769. The van der Waals surface area contributed by atoms with Crippen LogP contribution in [0.4, 0.5) is 0 Å². The molecule has 0 fully saturated rings. The van der Waals surface area contributed by atoms with Gasteiger partial charge in [0.05, 0.1) is 12.6 Å². The molecule has 1 aromatic carbocycles. The Balaban J connectivity index is 1.91. The molecule has 5 heteroatoms. The Bertz CT molecular complexity index is 604. The zero-order chi connectivity index (χ0) is 13.9. The smallest absolute Gasteiger partial charge is 0.145 e. The number of fused-ring (bicyclic) bond motifs is 1. The molecule has 1 atom stereocenters. The van der Waals surface area contributed by atoms with E-state index in [9.17, 15) is 0 Å². The van der Waals surface area contributed by atoms with Gasteiger partial charge in [-0.1, -0.05) is 15.9 Å². The number of halogens is 1. The fourth-order valence-corrected chi connectivity index (χ4v) is 3.08. The largest absolute Gasteiger partial charge is 0.493 e. The molecule has 2 heterocycles. The molecule has 0 spiro atoms. The maximum atomic E-state index is 5.78. The molecule has 2 aromatic rings. The van der Waals surface area contributed by atoms with Gasteiger partial charge in [0, 0.05) is 23.3 Å². The van der Waals surface area contributed by atoms with Crippen LogP contribution in [0, 0.1) is 0 Å². The lowest BCUT2D eigenvalue weighted by atomic mass is 10.0. The van der Waals surface area contributed by atoms with Gasteiger partial charge in [-0.2, -0.15) is 0 Å². The maximum Gasteiger partial charge on any atom is 0.145 e. The van der Waals surface area contributed by atoms with E-state index in [1.807, 2.05) is 13.1 Å². The molecule has 1 aromatic heterocycles. The topological polar surface area (TPSA) is 47.0 Å². The predicted molar refractivity (Wildman–Crippen MR) is 80.9 cm³/mol. The average Bonchev–Trinajstić information content (AvgIpc) is 2.93. The monoisotopic (exact) mass is 333 g/mol. The number of likely N-dealkylation sites (N-methyl/N-ethyl adjacent to an activating group) is 1. The van der Waals surface area contributed by atoms with Crippen LogP contribution in [0.5, 0.6) is 5.75 Å². The summed E-state index contributed by atoms with van der Waals surface area (Å²) in [5, 5.41) is 3.28.